The standard InChI is InChI=1S/C21H36BNO4S/c1-19(2,3)25-18(24)23-14-11-9-8-10-12-17-16(13-15-28-17)22-26-20(4,5)21(6,7)27-22/h13,15H,8-12,14H2,1-7H3,(H,23,24). The smallest absolute Gasteiger partial charge is 0.444 e. The van der Waals surface area contributed by atoms with Gasteiger partial charge in [-0.05, 0) is 78.6 Å². The Morgan fingerprint density at radius 1 is 1.11 bits per heavy atom. The molecule has 1 amide bonds. The normalized spacial score (nSPS) is 18.3. The van der Waals surface area contributed by atoms with E-state index in [4.69, 9.17) is 14.0 Å². The number of hydrogen-bond acceptors (Lipinski definition) is 5. The highest BCUT2D eigenvalue weighted by Gasteiger charge is 2.52. The minimum absolute atomic E-state index is 0.274. The van der Waals surface area contributed by atoms with Crippen molar-refractivity contribution in [2.45, 2.75) is 97.4 Å². The summed E-state index contributed by atoms with van der Waals surface area (Å²) in [6, 6.07) is 2.13. The van der Waals surface area contributed by atoms with Crippen LogP contribution in [-0.2, 0) is 20.5 Å². The van der Waals surface area contributed by atoms with E-state index in [9.17, 15) is 4.79 Å². The fourth-order valence-corrected chi connectivity index (χ4v) is 3.94. The molecule has 0 unspecified atom stereocenters. The summed E-state index contributed by atoms with van der Waals surface area (Å²) in [5.41, 5.74) is 0.116. The van der Waals surface area contributed by atoms with E-state index in [1.165, 1.54) is 10.3 Å². The predicted octanol–water partition coefficient (Wildman–Crippen LogP) is 4.67. The molecule has 1 N–H and O–H groups in total. The summed E-state index contributed by atoms with van der Waals surface area (Å²) in [7, 11) is -0.274. The van der Waals surface area contributed by atoms with Gasteiger partial charge in [-0.1, -0.05) is 18.9 Å². The molecule has 1 aromatic heterocycles. The zero-order chi connectivity index (χ0) is 21.0. The molecule has 1 aliphatic rings. The molecule has 2 heterocycles. The Morgan fingerprint density at radius 2 is 1.71 bits per heavy atom. The quantitative estimate of drug-likeness (QED) is 0.501. The molecule has 0 aromatic carbocycles. The molecule has 0 aliphatic carbocycles. The van der Waals surface area contributed by atoms with E-state index in [0.717, 1.165) is 32.1 Å². The van der Waals surface area contributed by atoms with Crippen molar-refractivity contribution in [2.75, 3.05) is 6.54 Å². The Morgan fingerprint density at radius 3 is 2.32 bits per heavy atom. The number of hydrogen-bond donors (Lipinski definition) is 1. The van der Waals surface area contributed by atoms with Gasteiger partial charge in [0.05, 0.1) is 11.2 Å². The molecule has 0 atom stereocenters. The van der Waals surface area contributed by atoms with Gasteiger partial charge in [-0.15, -0.1) is 11.3 Å². The molecule has 0 radical (unpaired) electrons. The Kier molecular flexibility index (Phi) is 7.62. The first kappa shape index (κ1) is 23.2. The molecule has 0 spiro atoms. The van der Waals surface area contributed by atoms with Crippen LogP contribution in [0, 0.1) is 0 Å². The van der Waals surface area contributed by atoms with Gasteiger partial charge in [-0.2, -0.15) is 0 Å². The Hall–Kier alpha value is -1.05. The van der Waals surface area contributed by atoms with E-state index in [0.29, 0.717) is 6.54 Å². The van der Waals surface area contributed by atoms with Gasteiger partial charge < -0.3 is 19.4 Å². The minimum Gasteiger partial charge on any atom is -0.444 e. The molecular formula is C21H36BNO4S. The number of rotatable bonds is 8. The minimum atomic E-state index is -0.445. The van der Waals surface area contributed by atoms with Crippen LogP contribution in [0.15, 0.2) is 11.4 Å². The summed E-state index contributed by atoms with van der Waals surface area (Å²) in [4.78, 5) is 13.0. The maximum atomic E-state index is 11.6. The summed E-state index contributed by atoms with van der Waals surface area (Å²) in [5.74, 6) is 0. The first-order valence-electron chi connectivity index (χ1n) is 10.3. The SMILES string of the molecule is CC(C)(C)OC(=O)NCCCCCCc1sccc1B1OC(C)(C)C(C)(C)O1. The number of amides is 1. The van der Waals surface area contributed by atoms with Crippen LogP contribution in [-0.4, -0.2) is 36.6 Å². The van der Waals surface area contributed by atoms with Crippen LogP contribution in [0.5, 0.6) is 0 Å². The maximum absolute atomic E-state index is 11.6. The molecular weight excluding hydrogens is 373 g/mol. The fourth-order valence-electron chi connectivity index (χ4n) is 3.00. The van der Waals surface area contributed by atoms with E-state index in [1.54, 1.807) is 11.3 Å². The van der Waals surface area contributed by atoms with Gasteiger partial charge in [-0.3, -0.25) is 0 Å². The van der Waals surface area contributed by atoms with Crippen LogP contribution in [0.1, 0.15) is 79.0 Å². The molecule has 0 bridgehead atoms. The second-order valence-electron chi connectivity index (χ2n) is 9.48. The van der Waals surface area contributed by atoms with Crippen molar-refractivity contribution in [1.29, 1.82) is 0 Å². The van der Waals surface area contributed by atoms with E-state index in [1.807, 2.05) is 20.8 Å². The first-order chi connectivity index (χ1) is 12.9. The lowest BCUT2D eigenvalue weighted by molar-refractivity contribution is 0.00578. The Bertz CT molecular complexity index is 635. The molecule has 1 aliphatic heterocycles. The summed E-state index contributed by atoms with van der Waals surface area (Å²) >= 11 is 1.78. The average Bonchev–Trinajstić information content (AvgIpc) is 3.07. The molecule has 1 fully saturated rings. The average molecular weight is 409 g/mol. The topological polar surface area (TPSA) is 56.8 Å². The molecule has 7 heteroatoms. The van der Waals surface area contributed by atoms with Crippen molar-refractivity contribution in [3.63, 3.8) is 0 Å². The molecule has 5 nitrogen and oxygen atoms in total. The van der Waals surface area contributed by atoms with Crippen molar-refractivity contribution < 1.29 is 18.8 Å². The number of ether oxygens (including phenoxy) is 1. The second kappa shape index (κ2) is 9.18. The van der Waals surface area contributed by atoms with Crippen LogP contribution in [0.4, 0.5) is 4.79 Å². The highest BCUT2D eigenvalue weighted by Crippen LogP contribution is 2.37. The lowest BCUT2D eigenvalue weighted by Gasteiger charge is -2.32. The van der Waals surface area contributed by atoms with Gasteiger partial charge in [0, 0.05) is 11.4 Å². The number of alkyl carbamates (subject to hydrolysis) is 1. The molecule has 0 saturated carbocycles. The van der Waals surface area contributed by atoms with E-state index in [-0.39, 0.29) is 24.4 Å². The van der Waals surface area contributed by atoms with Crippen LogP contribution < -0.4 is 10.8 Å². The van der Waals surface area contributed by atoms with Gasteiger partial charge in [0.2, 0.25) is 0 Å². The number of unbranched alkanes of at least 4 members (excludes halogenated alkanes) is 3. The molecule has 1 saturated heterocycles. The zero-order valence-corrected chi connectivity index (χ0v) is 19.3. The molecule has 2 rings (SSSR count). The Labute approximate surface area is 174 Å². The summed E-state index contributed by atoms with van der Waals surface area (Å²) in [6.45, 7) is 14.6. The Balaban J connectivity index is 1.68. The van der Waals surface area contributed by atoms with E-state index < -0.39 is 5.60 Å². The third-order valence-corrected chi connectivity index (χ3v) is 6.28. The summed E-state index contributed by atoms with van der Waals surface area (Å²) < 4.78 is 17.6. The van der Waals surface area contributed by atoms with E-state index in [2.05, 4.69) is 44.5 Å². The van der Waals surface area contributed by atoms with Gasteiger partial charge in [0.15, 0.2) is 0 Å². The number of aryl methyl sites for hydroxylation is 1. The summed E-state index contributed by atoms with van der Waals surface area (Å²) in [5, 5.41) is 4.94. The third kappa shape index (κ3) is 6.50. The first-order valence-corrected chi connectivity index (χ1v) is 11.2. The number of thiophene rings is 1. The maximum Gasteiger partial charge on any atom is 0.495 e. The second-order valence-corrected chi connectivity index (χ2v) is 10.5. The van der Waals surface area contributed by atoms with Gasteiger partial charge in [0.1, 0.15) is 5.60 Å². The van der Waals surface area contributed by atoms with Crippen LogP contribution in [0.2, 0.25) is 0 Å². The van der Waals surface area contributed by atoms with E-state index >= 15 is 0 Å². The number of carbonyl (C=O) groups is 1. The van der Waals surface area contributed by atoms with Crippen LogP contribution >= 0.6 is 11.3 Å². The van der Waals surface area contributed by atoms with Crippen molar-refractivity contribution in [2.24, 2.45) is 0 Å². The van der Waals surface area contributed by atoms with Gasteiger partial charge in [0.25, 0.3) is 0 Å². The van der Waals surface area contributed by atoms with Crippen LogP contribution in [0.3, 0.4) is 0 Å². The van der Waals surface area contributed by atoms with Crippen molar-refractivity contribution in [3.05, 3.63) is 16.3 Å². The predicted molar refractivity (Wildman–Crippen MR) is 116 cm³/mol. The lowest BCUT2D eigenvalue weighted by atomic mass is 9.78. The van der Waals surface area contributed by atoms with Crippen molar-refractivity contribution in [3.8, 4) is 0 Å². The van der Waals surface area contributed by atoms with Gasteiger partial charge in [-0.25, -0.2) is 4.79 Å². The monoisotopic (exact) mass is 409 g/mol. The highest BCUT2D eigenvalue weighted by molar-refractivity contribution is 7.11. The largest absolute Gasteiger partial charge is 0.495 e. The van der Waals surface area contributed by atoms with Gasteiger partial charge >= 0.3 is 13.2 Å². The molecule has 28 heavy (non-hydrogen) atoms. The van der Waals surface area contributed by atoms with Crippen LogP contribution in [0.25, 0.3) is 0 Å². The summed E-state index contributed by atoms with van der Waals surface area (Å²) in [6.07, 6.45) is 5.02. The fraction of sp³-hybridized carbons (Fsp3) is 0.762. The third-order valence-electron chi connectivity index (χ3n) is 5.29. The molecule has 158 valence electrons. The molecule has 1 aromatic rings. The zero-order valence-electron chi connectivity index (χ0n) is 18.5. The lowest BCUT2D eigenvalue weighted by Crippen LogP contribution is -2.41. The van der Waals surface area contributed by atoms with Crippen molar-refractivity contribution in [1.82, 2.24) is 5.32 Å². The van der Waals surface area contributed by atoms with Crippen molar-refractivity contribution >= 4 is 30.0 Å². The number of nitrogens with one attached hydrogen (secondary N) is 1. The number of carbonyl (C=O) groups excluding carboxylic acids is 1. The highest BCUT2D eigenvalue weighted by atomic mass is 32.1.